The second-order valence-corrected chi connectivity index (χ2v) is 11.8. The topological polar surface area (TPSA) is 55.9 Å². The first-order valence-electron chi connectivity index (χ1n) is 14.0. The molecule has 0 saturated carbocycles. The Morgan fingerprint density at radius 3 is 2.35 bits per heavy atom. The Morgan fingerprint density at radius 2 is 1.60 bits per heavy atom. The number of carbonyl (C=O) groups excluding carboxylic acids is 2. The van der Waals surface area contributed by atoms with Gasteiger partial charge in [0.2, 0.25) is 5.91 Å². The fourth-order valence-electron chi connectivity index (χ4n) is 5.68. The van der Waals surface area contributed by atoms with Crippen LogP contribution in [0.4, 0.5) is 5.69 Å². The third kappa shape index (κ3) is 6.82. The van der Waals surface area contributed by atoms with Crippen molar-refractivity contribution in [1.29, 1.82) is 0 Å². The van der Waals surface area contributed by atoms with Gasteiger partial charge in [-0.15, -0.1) is 0 Å². The predicted molar refractivity (Wildman–Crippen MR) is 165 cm³/mol. The lowest BCUT2D eigenvalue weighted by Crippen LogP contribution is -2.56. The number of nitrogens with one attached hydrogen (secondary N) is 1. The number of anilines is 1. The molecule has 2 amide bonds. The highest BCUT2D eigenvalue weighted by Crippen LogP contribution is 2.26. The smallest absolute Gasteiger partial charge is 0.253 e. The molecule has 0 aromatic heterocycles. The highest BCUT2D eigenvalue weighted by molar-refractivity contribution is 7.98. The van der Waals surface area contributed by atoms with Crippen LogP contribution in [-0.2, 0) is 24.2 Å². The zero-order valence-corrected chi connectivity index (χ0v) is 24.6. The van der Waals surface area contributed by atoms with Crippen molar-refractivity contribution >= 4 is 40.9 Å². The van der Waals surface area contributed by atoms with Gasteiger partial charge in [0.1, 0.15) is 0 Å². The van der Waals surface area contributed by atoms with Crippen LogP contribution in [0.25, 0.3) is 0 Å². The summed E-state index contributed by atoms with van der Waals surface area (Å²) in [5.41, 5.74) is 5.42. The minimum atomic E-state index is -0.240. The lowest BCUT2D eigenvalue weighted by Gasteiger charge is -2.41. The van der Waals surface area contributed by atoms with Crippen LogP contribution in [0.1, 0.15) is 27.0 Å². The van der Waals surface area contributed by atoms with Crippen molar-refractivity contribution in [1.82, 2.24) is 15.1 Å². The van der Waals surface area contributed by atoms with Crippen molar-refractivity contribution in [2.24, 2.45) is 0 Å². The first kappa shape index (κ1) is 28.5. The van der Waals surface area contributed by atoms with Crippen LogP contribution in [0.5, 0.6) is 0 Å². The van der Waals surface area contributed by atoms with Gasteiger partial charge in [0.05, 0.1) is 11.6 Å². The molecular weight excluding hydrogens is 540 g/mol. The Bertz CT molecular complexity index is 1310. The van der Waals surface area contributed by atoms with Gasteiger partial charge in [-0.2, -0.15) is 11.8 Å². The summed E-state index contributed by atoms with van der Waals surface area (Å²) in [6.07, 6.45) is 3.63. The SMILES string of the molecule is CSCCNC(=O)c1ccccc1N1CCN(C(=O)[C@@H](Cc2ccc(Cl)cc2)N2CCc3ccccc3C2)CC1. The molecule has 2 aliphatic heterocycles. The molecule has 210 valence electrons. The van der Waals surface area contributed by atoms with E-state index in [1.807, 2.05) is 59.7 Å². The summed E-state index contributed by atoms with van der Waals surface area (Å²) in [5, 5.41) is 3.73. The third-order valence-electron chi connectivity index (χ3n) is 7.90. The van der Waals surface area contributed by atoms with Gasteiger partial charge >= 0.3 is 0 Å². The number of rotatable bonds is 9. The minimum absolute atomic E-state index is 0.0448. The van der Waals surface area contributed by atoms with Crippen LogP contribution in [0.15, 0.2) is 72.8 Å². The van der Waals surface area contributed by atoms with Crippen molar-refractivity contribution in [3.8, 4) is 0 Å². The Kier molecular flexibility index (Phi) is 9.68. The molecule has 1 fully saturated rings. The van der Waals surface area contributed by atoms with E-state index in [1.165, 1.54) is 11.1 Å². The lowest BCUT2D eigenvalue weighted by molar-refractivity contribution is -0.137. The number of piperazine rings is 1. The van der Waals surface area contributed by atoms with E-state index in [0.29, 0.717) is 49.7 Å². The van der Waals surface area contributed by atoms with Gasteiger partial charge in [-0.05, 0) is 60.1 Å². The van der Waals surface area contributed by atoms with E-state index in [1.54, 1.807) is 11.8 Å². The Balaban J connectivity index is 1.29. The summed E-state index contributed by atoms with van der Waals surface area (Å²) >= 11 is 7.86. The summed E-state index contributed by atoms with van der Waals surface area (Å²) < 4.78 is 0. The molecule has 3 aromatic carbocycles. The number of hydrogen-bond donors (Lipinski definition) is 1. The maximum Gasteiger partial charge on any atom is 0.253 e. The van der Waals surface area contributed by atoms with Crippen LogP contribution in [-0.4, -0.2) is 78.9 Å². The largest absolute Gasteiger partial charge is 0.367 e. The summed E-state index contributed by atoms with van der Waals surface area (Å²) in [6.45, 7) is 4.92. The molecule has 8 heteroatoms. The van der Waals surface area contributed by atoms with Gasteiger partial charge < -0.3 is 15.1 Å². The van der Waals surface area contributed by atoms with Crippen molar-refractivity contribution in [3.05, 3.63) is 100 Å². The van der Waals surface area contributed by atoms with Crippen LogP contribution >= 0.6 is 23.4 Å². The Hall–Kier alpha value is -3.00. The van der Waals surface area contributed by atoms with E-state index in [-0.39, 0.29) is 17.9 Å². The molecule has 1 atom stereocenters. The van der Waals surface area contributed by atoms with E-state index < -0.39 is 0 Å². The number of para-hydroxylation sites is 1. The van der Waals surface area contributed by atoms with Gasteiger partial charge in [0.15, 0.2) is 0 Å². The Labute approximate surface area is 246 Å². The lowest BCUT2D eigenvalue weighted by atomic mass is 9.95. The second kappa shape index (κ2) is 13.6. The van der Waals surface area contributed by atoms with Crippen LogP contribution < -0.4 is 10.2 Å². The number of amides is 2. The number of hydrogen-bond acceptors (Lipinski definition) is 5. The number of nitrogens with zero attached hydrogens (tertiary/aromatic N) is 3. The van der Waals surface area contributed by atoms with Crippen molar-refractivity contribution in [2.45, 2.75) is 25.4 Å². The van der Waals surface area contributed by atoms with E-state index in [2.05, 4.69) is 39.4 Å². The van der Waals surface area contributed by atoms with E-state index >= 15 is 0 Å². The van der Waals surface area contributed by atoms with Gasteiger partial charge in [0, 0.05) is 62.3 Å². The molecule has 2 heterocycles. The minimum Gasteiger partial charge on any atom is -0.367 e. The third-order valence-corrected chi connectivity index (χ3v) is 8.77. The average molecular weight is 577 g/mol. The summed E-state index contributed by atoms with van der Waals surface area (Å²) in [4.78, 5) is 33.6. The summed E-state index contributed by atoms with van der Waals surface area (Å²) in [6, 6.07) is 23.9. The van der Waals surface area contributed by atoms with Crippen molar-refractivity contribution in [3.63, 3.8) is 0 Å². The first-order chi connectivity index (χ1) is 19.5. The first-order valence-corrected chi connectivity index (χ1v) is 15.8. The zero-order chi connectivity index (χ0) is 27.9. The normalized spacial score (nSPS) is 16.4. The van der Waals surface area contributed by atoms with E-state index in [9.17, 15) is 9.59 Å². The zero-order valence-electron chi connectivity index (χ0n) is 23.0. The van der Waals surface area contributed by atoms with Crippen molar-refractivity contribution in [2.75, 3.05) is 56.2 Å². The number of halogens is 1. The maximum absolute atomic E-state index is 14.1. The van der Waals surface area contributed by atoms with E-state index in [0.717, 1.165) is 36.5 Å². The van der Waals surface area contributed by atoms with Gasteiger partial charge in [0.25, 0.3) is 5.91 Å². The quantitative estimate of drug-likeness (QED) is 0.373. The number of thioether (sulfide) groups is 1. The van der Waals surface area contributed by atoms with E-state index in [4.69, 9.17) is 11.6 Å². The molecule has 1 saturated heterocycles. The number of carbonyl (C=O) groups is 2. The molecule has 0 spiro atoms. The average Bonchev–Trinajstić information content (AvgIpc) is 3.00. The number of benzene rings is 3. The number of fused-ring (bicyclic) bond motifs is 1. The van der Waals surface area contributed by atoms with Crippen LogP contribution in [0, 0.1) is 0 Å². The van der Waals surface area contributed by atoms with Crippen LogP contribution in [0.2, 0.25) is 5.02 Å². The summed E-state index contributed by atoms with van der Waals surface area (Å²) in [7, 11) is 0. The predicted octanol–water partition coefficient (Wildman–Crippen LogP) is 4.75. The maximum atomic E-state index is 14.1. The standard InChI is InChI=1S/C32H37ClN4O2S/c1-40-21-15-34-31(38)28-8-4-5-9-29(28)35-17-19-36(20-18-35)32(39)30(22-24-10-12-27(33)13-11-24)37-16-14-25-6-2-3-7-26(25)23-37/h2-13,30H,14-23H2,1H3,(H,34,38)/t30-/m1/s1. The van der Waals surface area contributed by atoms with Gasteiger partial charge in [-0.1, -0.05) is 60.1 Å². The van der Waals surface area contributed by atoms with Crippen LogP contribution in [0.3, 0.4) is 0 Å². The molecule has 1 N–H and O–H groups in total. The highest BCUT2D eigenvalue weighted by Gasteiger charge is 2.34. The fraction of sp³-hybridized carbons (Fsp3) is 0.375. The molecule has 0 aliphatic carbocycles. The van der Waals surface area contributed by atoms with Gasteiger partial charge in [-0.3, -0.25) is 14.5 Å². The molecule has 6 nitrogen and oxygen atoms in total. The summed E-state index contributed by atoms with van der Waals surface area (Å²) in [5.74, 6) is 1.02. The molecular formula is C32H37ClN4O2S. The molecule has 3 aromatic rings. The molecule has 0 bridgehead atoms. The monoisotopic (exact) mass is 576 g/mol. The molecule has 2 aliphatic rings. The molecule has 40 heavy (non-hydrogen) atoms. The molecule has 0 radical (unpaired) electrons. The van der Waals surface area contributed by atoms with Gasteiger partial charge in [-0.25, -0.2) is 0 Å². The molecule has 0 unspecified atom stereocenters. The Morgan fingerprint density at radius 1 is 0.900 bits per heavy atom. The van der Waals surface area contributed by atoms with Crippen molar-refractivity contribution < 1.29 is 9.59 Å². The molecule has 5 rings (SSSR count). The fourth-order valence-corrected chi connectivity index (χ4v) is 6.11. The highest BCUT2D eigenvalue weighted by atomic mass is 35.5. The second-order valence-electron chi connectivity index (χ2n) is 10.4.